The summed E-state index contributed by atoms with van der Waals surface area (Å²) in [5.41, 5.74) is 1.51. The van der Waals surface area contributed by atoms with Crippen molar-refractivity contribution in [3.63, 3.8) is 0 Å². The molecule has 0 N–H and O–H groups in total. The van der Waals surface area contributed by atoms with E-state index in [-0.39, 0.29) is 0 Å². The zero-order chi connectivity index (χ0) is 15.5. The molecule has 1 unspecified atom stereocenters. The molecule has 1 spiro atoms. The van der Waals surface area contributed by atoms with Crippen LogP contribution >= 0.6 is 0 Å². The topological polar surface area (TPSA) is 0 Å². The number of hydrogen-bond donors (Lipinski definition) is 0. The van der Waals surface area contributed by atoms with Crippen molar-refractivity contribution in [3.05, 3.63) is 0 Å². The first-order valence-corrected chi connectivity index (χ1v) is 11.2. The molecule has 0 bridgehead atoms. The highest BCUT2D eigenvalue weighted by Crippen LogP contribution is 2.71. The Bertz CT molecular complexity index is 445. The van der Waals surface area contributed by atoms with E-state index >= 15 is 0 Å². The Morgan fingerprint density at radius 2 is 1.39 bits per heavy atom. The minimum Gasteiger partial charge on any atom is -0.0588 e. The highest BCUT2D eigenvalue weighted by molar-refractivity contribution is 5.11. The molecule has 0 saturated heterocycles. The van der Waals surface area contributed by atoms with Crippen LogP contribution in [0, 0.1) is 40.4 Å². The Labute approximate surface area is 144 Å². The third kappa shape index (κ3) is 2.08. The van der Waals surface area contributed by atoms with Gasteiger partial charge in [0.25, 0.3) is 0 Å². The monoisotopic (exact) mass is 314 g/mol. The molecule has 0 nitrogen and oxygen atoms in total. The Morgan fingerprint density at radius 1 is 0.565 bits per heavy atom. The maximum absolute atomic E-state index is 2.78. The van der Waals surface area contributed by atoms with Crippen LogP contribution in [0.25, 0.3) is 0 Å². The van der Waals surface area contributed by atoms with Gasteiger partial charge >= 0.3 is 0 Å². The van der Waals surface area contributed by atoms with Crippen LogP contribution in [0.1, 0.15) is 103 Å². The van der Waals surface area contributed by atoms with Crippen LogP contribution < -0.4 is 0 Å². The number of rotatable bonds is 0. The average molecular weight is 315 g/mol. The molecule has 5 aliphatic carbocycles. The van der Waals surface area contributed by atoms with Gasteiger partial charge < -0.3 is 0 Å². The second kappa shape index (κ2) is 5.50. The lowest BCUT2D eigenvalue weighted by Crippen LogP contribution is -2.51. The maximum Gasteiger partial charge on any atom is -0.0238 e. The van der Waals surface area contributed by atoms with Gasteiger partial charge in [0.1, 0.15) is 0 Å². The zero-order valence-electron chi connectivity index (χ0n) is 15.5. The second-order valence-electron chi connectivity index (χ2n) is 10.6. The molecule has 0 heterocycles. The minimum atomic E-state index is 0.732. The van der Waals surface area contributed by atoms with Crippen molar-refractivity contribution < 1.29 is 0 Å². The molecule has 0 amide bonds. The van der Waals surface area contributed by atoms with E-state index in [0.717, 1.165) is 40.4 Å². The van der Waals surface area contributed by atoms with Crippen molar-refractivity contribution in [2.24, 2.45) is 40.4 Å². The SMILES string of the molecule is C[C@]12CC[C@H]3[C@@H](CCC4CCCC[C@@H]43)[C@@H]1CCC21CCCCC1. The molecular weight excluding hydrogens is 276 g/mol. The molecule has 5 fully saturated rings. The maximum atomic E-state index is 2.78. The van der Waals surface area contributed by atoms with E-state index in [4.69, 9.17) is 0 Å². The average Bonchev–Trinajstić information content (AvgIpc) is 2.88. The smallest absolute Gasteiger partial charge is 0.0238 e. The van der Waals surface area contributed by atoms with E-state index in [0.29, 0.717) is 0 Å². The fourth-order valence-corrected chi connectivity index (χ4v) is 9.11. The zero-order valence-corrected chi connectivity index (χ0v) is 15.5. The fraction of sp³-hybridized carbons (Fsp3) is 1.00. The van der Waals surface area contributed by atoms with Crippen molar-refractivity contribution >= 4 is 0 Å². The van der Waals surface area contributed by atoms with Gasteiger partial charge in [0.05, 0.1) is 0 Å². The lowest BCUT2D eigenvalue weighted by atomic mass is 9.46. The van der Waals surface area contributed by atoms with Crippen LogP contribution in [0.2, 0.25) is 0 Å². The van der Waals surface area contributed by atoms with Crippen LogP contribution in [-0.2, 0) is 0 Å². The van der Waals surface area contributed by atoms with Gasteiger partial charge in [0.15, 0.2) is 0 Å². The third-order valence-corrected chi connectivity index (χ3v) is 10.2. The van der Waals surface area contributed by atoms with Gasteiger partial charge in [0.2, 0.25) is 0 Å². The predicted molar refractivity (Wildman–Crippen MR) is 97.2 cm³/mol. The summed E-state index contributed by atoms with van der Waals surface area (Å²) in [4.78, 5) is 0. The van der Waals surface area contributed by atoms with Crippen molar-refractivity contribution in [1.29, 1.82) is 0 Å². The van der Waals surface area contributed by atoms with Gasteiger partial charge in [-0.1, -0.05) is 45.4 Å². The molecule has 130 valence electrons. The molecule has 23 heavy (non-hydrogen) atoms. The Balaban J connectivity index is 1.42. The van der Waals surface area contributed by atoms with E-state index in [2.05, 4.69) is 6.92 Å². The van der Waals surface area contributed by atoms with Crippen molar-refractivity contribution in [2.75, 3.05) is 0 Å². The van der Waals surface area contributed by atoms with Crippen molar-refractivity contribution in [2.45, 2.75) is 103 Å². The first-order chi connectivity index (χ1) is 11.2. The largest absolute Gasteiger partial charge is 0.0588 e. The van der Waals surface area contributed by atoms with Crippen LogP contribution in [0.15, 0.2) is 0 Å². The first kappa shape index (κ1) is 15.3. The quantitative estimate of drug-likeness (QED) is 0.452. The van der Waals surface area contributed by atoms with Gasteiger partial charge in [-0.3, -0.25) is 0 Å². The first-order valence-electron chi connectivity index (χ1n) is 11.2. The summed E-state index contributed by atoms with van der Waals surface area (Å²) in [6, 6.07) is 0. The van der Waals surface area contributed by atoms with Crippen LogP contribution in [0.3, 0.4) is 0 Å². The predicted octanol–water partition coefficient (Wildman–Crippen LogP) is 6.98. The van der Waals surface area contributed by atoms with E-state index in [1.54, 1.807) is 89.9 Å². The second-order valence-corrected chi connectivity index (χ2v) is 10.6. The Morgan fingerprint density at radius 3 is 2.26 bits per heavy atom. The van der Waals surface area contributed by atoms with Gasteiger partial charge in [-0.05, 0) is 98.2 Å². The summed E-state index contributed by atoms with van der Waals surface area (Å²) in [7, 11) is 0. The molecule has 6 atom stereocenters. The summed E-state index contributed by atoms with van der Waals surface area (Å²) >= 11 is 0. The minimum absolute atomic E-state index is 0.732. The molecule has 5 aliphatic rings. The summed E-state index contributed by atoms with van der Waals surface area (Å²) in [5, 5.41) is 0. The molecule has 0 aromatic rings. The van der Waals surface area contributed by atoms with E-state index in [1.807, 2.05) is 0 Å². The molecule has 5 rings (SSSR count). The number of hydrogen-bond acceptors (Lipinski definition) is 0. The van der Waals surface area contributed by atoms with Gasteiger partial charge in [-0.15, -0.1) is 0 Å². The van der Waals surface area contributed by atoms with Crippen molar-refractivity contribution in [1.82, 2.24) is 0 Å². The summed E-state index contributed by atoms with van der Waals surface area (Å²) in [5.74, 6) is 5.68. The molecular formula is C23H38. The molecule has 5 saturated carbocycles. The highest BCUT2D eigenvalue weighted by Gasteiger charge is 2.62. The summed E-state index contributed by atoms with van der Waals surface area (Å²) in [6.45, 7) is 2.78. The van der Waals surface area contributed by atoms with E-state index < -0.39 is 0 Å². The number of fused-ring (bicyclic) bond motifs is 6. The molecule has 0 aromatic heterocycles. The third-order valence-electron chi connectivity index (χ3n) is 10.2. The standard InChI is InChI=1S/C23H38/c1-22-15-11-19-18-8-4-3-7-17(18)9-10-20(19)21(22)12-16-23(22)13-5-2-6-14-23/h17-21H,2-16H2,1H3/t17?,18-,19+,20+,21-,22-/m0/s1. The van der Waals surface area contributed by atoms with E-state index in [1.165, 1.54) is 6.42 Å². The molecule has 0 heteroatoms. The lowest BCUT2D eigenvalue weighted by molar-refractivity contribution is -0.0966. The van der Waals surface area contributed by atoms with Crippen LogP contribution in [0.4, 0.5) is 0 Å². The normalized spacial score (nSPS) is 51.8. The van der Waals surface area contributed by atoms with Gasteiger partial charge in [-0.25, -0.2) is 0 Å². The van der Waals surface area contributed by atoms with Gasteiger partial charge in [0, 0.05) is 0 Å². The molecule has 0 aliphatic heterocycles. The fourth-order valence-electron chi connectivity index (χ4n) is 9.11. The Hall–Kier alpha value is 0. The Kier molecular flexibility index (Phi) is 3.65. The highest BCUT2D eigenvalue weighted by atomic mass is 14.7. The van der Waals surface area contributed by atoms with E-state index in [9.17, 15) is 0 Å². The van der Waals surface area contributed by atoms with Crippen LogP contribution in [0.5, 0.6) is 0 Å². The van der Waals surface area contributed by atoms with Gasteiger partial charge in [-0.2, -0.15) is 0 Å². The van der Waals surface area contributed by atoms with Crippen LogP contribution in [-0.4, -0.2) is 0 Å². The van der Waals surface area contributed by atoms with Crippen molar-refractivity contribution in [3.8, 4) is 0 Å². The molecule has 0 aromatic carbocycles. The lowest BCUT2D eigenvalue weighted by Gasteiger charge is -2.59. The summed E-state index contributed by atoms with van der Waals surface area (Å²) < 4.78 is 0. The summed E-state index contributed by atoms with van der Waals surface area (Å²) in [6.07, 6.45) is 23.7. The molecule has 0 radical (unpaired) electrons.